The van der Waals surface area contributed by atoms with E-state index in [9.17, 15) is 19.5 Å². The average molecular weight is 671 g/mol. The molecule has 2 atom stereocenters. The summed E-state index contributed by atoms with van der Waals surface area (Å²) in [6, 6.07) is 19.7. The first-order chi connectivity index (χ1) is 21.9. The highest BCUT2D eigenvalue weighted by Crippen LogP contribution is 2.37. The van der Waals surface area contributed by atoms with Gasteiger partial charge >= 0.3 is 28.3 Å². The van der Waals surface area contributed by atoms with Crippen LogP contribution in [-0.4, -0.2) is 78.7 Å². The lowest BCUT2D eigenvalue weighted by Gasteiger charge is -2.28. The van der Waals surface area contributed by atoms with Gasteiger partial charge in [0.1, 0.15) is 6.61 Å². The van der Waals surface area contributed by atoms with E-state index in [-0.39, 0.29) is 17.8 Å². The molecule has 0 aromatic heterocycles. The van der Waals surface area contributed by atoms with Crippen molar-refractivity contribution in [1.82, 2.24) is 0 Å². The standard InChI is InChI=1S/C15H20O2.C14H18O2.C3H6O3.CH4O.H2O4S/c1-17-15(16)14(12-8-4-2-5-9-12)13-10-6-3-7-11-13;15-14(16)13(11-7-3-1-4-8-11)12-9-5-2-6-10-12;1-6-3(5)2-4;1-2;1-5(2,3)4/h2,4-5,8-9,13-14H,3,6-7,10-11H2,1H3;1,3-4,7-8,12-13H,2,5-6,9-10H2,(H,15,16);4H,2H2,1H3;2H,1H3;(H2,1,2,3,4). The third-order valence-electron chi connectivity index (χ3n) is 7.64. The third kappa shape index (κ3) is 18.6. The normalized spacial score (nSPS) is 16.0. The van der Waals surface area contributed by atoms with E-state index in [0.29, 0.717) is 11.8 Å². The van der Waals surface area contributed by atoms with Gasteiger partial charge in [0.2, 0.25) is 0 Å². The quantitative estimate of drug-likeness (QED) is 0.194. The molecular weight excluding hydrogens is 620 g/mol. The Labute approximate surface area is 272 Å². The highest BCUT2D eigenvalue weighted by molar-refractivity contribution is 7.79. The van der Waals surface area contributed by atoms with E-state index >= 15 is 0 Å². The summed E-state index contributed by atoms with van der Waals surface area (Å²) in [4.78, 5) is 33.1. The maximum Gasteiger partial charge on any atom is 0.394 e. The molecule has 0 bridgehead atoms. The van der Waals surface area contributed by atoms with Gasteiger partial charge in [0, 0.05) is 7.11 Å². The summed E-state index contributed by atoms with van der Waals surface area (Å²) in [7, 11) is -0.959. The largest absolute Gasteiger partial charge is 0.481 e. The van der Waals surface area contributed by atoms with Crippen molar-refractivity contribution in [3.63, 3.8) is 0 Å². The number of aliphatic carboxylic acids is 1. The minimum atomic E-state index is -4.67. The van der Waals surface area contributed by atoms with Gasteiger partial charge in [-0.15, -0.1) is 0 Å². The lowest BCUT2D eigenvalue weighted by molar-refractivity contribution is -0.144. The van der Waals surface area contributed by atoms with E-state index in [1.807, 2.05) is 60.7 Å². The number of esters is 2. The summed E-state index contributed by atoms with van der Waals surface area (Å²) in [5.74, 6) is -0.938. The number of rotatable bonds is 7. The molecule has 0 aliphatic heterocycles. The highest BCUT2D eigenvalue weighted by atomic mass is 32.3. The van der Waals surface area contributed by atoms with Crippen LogP contribution in [0.5, 0.6) is 0 Å². The van der Waals surface area contributed by atoms with Crippen molar-refractivity contribution in [3.8, 4) is 0 Å². The van der Waals surface area contributed by atoms with E-state index in [1.54, 1.807) is 0 Å². The van der Waals surface area contributed by atoms with E-state index in [2.05, 4.69) is 4.74 Å². The van der Waals surface area contributed by atoms with E-state index in [4.69, 9.17) is 32.5 Å². The monoisotopic (exact) mass is 670 g/mol. The second-order valence-electron chi connectivity index (χ2n) is 10.6. The molecule has 2 unspecified atom stereocenters. The maximum absolute atomic E-state index is 12.0. The zero-order valence-corrected chi connectivity index (χ0v) is 27.7. The van der Waals surface area contributed by atoms with Crippen LogP contribution >= 0.6 is 0 Å². The Morgan fingerprint density at radius 2 is 1.04 bits per heavy atom. The molecule has 2 aromatic carbocycles. The van der Waals surface area contributed by atoms with Crippen molar-refractivity contribution in [2.75, 3.05) is 27.9 Å². The van der Waals surface area contributed by atoms with Crippen LogP contribution in [0.15, 0.2) is 60.7 Å². The van der Waals surface area contributed by atoms with E-state index in [1.165, 1.54) is 52.7 Å². The number of methoxy groups -OCH3 is 2. The minimum absolute atomic E-state index is 0.0681. The van der Waals surface area contributed by atoms with Crippen molar-refractivity contribution < 1.29 is 56.7 Å². The van der Waals surface area contributed by atoms with Crippen molar-refractivity contribution in [3.05, 3.63) is 71.8 Å². The van der Waals surface area contributed by atoms with Gasteiger partial charge < -0.3 is 24.8 Å². The second-order valence-corrected chi connectivity index (χ2v) is 11.5. The Morgan fingerprint density at radius 1 is 0.696 bits per heavy atom. The van der Waals surface area contributed by atoms with Crippen LogP contribution in [0, 0.1) is 11.8 Å². The molecule has 2 aliphatic carbocycles. The molecular formula is C33H50O12S. The predicted molar refractivity (Wildman–Crippen MR) is 173 cm³/mol. The van der Waals surface area contributed by atoms with Gasteiger partial charge in [-0.3, -0.25) is 18.7 Å². The summed E-state index contributed by atoms with van der Waals surface area (Å²) in [5.41, 5.74) is 2.06. The number of aliphatic hydroxyl groups excluding tert-OH is 2. The number of carboxylic acid groups (broad SMARTS) is 1. The predicted octanol–water partition coefficient (Wildman–Crippen LogP) is 5.07. The van der Waals surface area contributed by atoms with Gasteiger partial charge in [-0.2, -0.15) is 8.42 Å². The van der Waals surface area contributed by atoms with Crippen molar-refractivity contribution in [2.45, 2.75) is 76.0 Å². The van der Waals surface area contributed by atoms with Gasteiger partial charge in [-0.25, -0.2) is 4.79 Å². The molecule has 2 aliphatic rings. The molecule has 2 saturated carbocycles. The molecule has 46 heavy (non-hydrogen) atoms. The van der Waals surface area contributed by atoms with Gasteiger partial charge in [0.15, 0.2) is 0 Å². The third-order valence-corrected chi connectivity index (χ3v) is 7.64. The summed E-state index contributed by atoms with van der Waals surface area (Å²) >= 11 is 0. The molecule has 0 spiro atoms. The fourth-order valence-corrected chi connectivity index (χ4v) is 5.66. The number of benzene rings is 2. The van der Waals surface area contributed by atoms with Crippen LogP contribution in [0.3, 0.4) is 0 Å². The summed E-state index contributed by atoms with van der Waals surface area (Å²) in [5, 5.41) is 24.2. The fourth-order valence-electron chi connectivity index (χ4n) is 5.66. The van der Waals surface area contributed by atoms with E-state index < -0.39 is 28.9 Å². The van der Waals surface area contributed by atoms with Crippen LogP contribution in [-0.2, 0) is 34.3 Å². The van der Waals surface area contributed by atoms with Crippen molar-refractivity contribution in [2.24, 2.45) is 11.8 Å². The van der Waals surface area contributed by atoms with Gasteiger partial charge in [-0.1, -0.05) is 99.2 Å². The Kier molecular flexibility index (Phi) is 23.0. The number of hydrogen-bond donors (Lipinski definition) is 5. The molecule has 0 saturated heterocycles. The van der Waals surface area contributed by atoms with Crippen molar-refractivity contribution in [1.29, 1.82) is 0 Å². The average Bonchev–Trinajstić information content (AvgIpc) is 3.07. The number of aliphatic hydroxyl groups is 2. The van der Waals surface area contributed by atoms with Gasteiger partial charge in [0.25, 0.3) is 0 Å². The molecule has 13 heteroatoms. The Balaban J connectivity index is 0.000000645. The fraction of sp³-hybridized carbons (Fsp3) is 0.545. The van der Waals surface area contributed by atoms with Crippen molar-refractivity contribution >= 4 is 28.3 Å². The Bertz CT molecular complexity index is 1180. The first-order valence-corrected chi connectivity index (χ1v) is 16.5. The van der Waals surface area contributed by atoms with E-state index in [0.717, 1.165) is 43.9 Å². The molecule has 5 N–H and O–H groups in total. The number of carboxylic acids is 1. The van der Waals surface area contributed by atoms with Crippen LogP contribution in [0.2, 0.25) is 0 Å². The van der Waals surface area contributed by atoms with Crippen LogP contribution in [0.1, 0.15) is 87.2 Å². The molecule has 0 heterocycles. The Morgan fingerprint density at radius 3 is 1.33 bits per heavy atom. The molecule has 4 rings (SSSR count). The minimum Gasteiger partial charge on any atom is -0.481 e. The number of carbonyl (C=O) groups is 3. The smallest absolute Gasteiger partial charge is 0.394 e. The van der Waals surface area contributed by atoms with Gasteiger partial charge in [-0.05, 0) is 48.6 Å². The lowest BCUT2D eigenvalue weighted by Crippen LogP contribution is -2.24. The number of hydrogen-bond acceptors (Lipinski definition) is 9. The van der Waals surface area contributed by atoms with Crippen LogP contribution < -0.4 is 0 Å². The number of ether oxygens (including phenoxy) is 2. The SMILES string of the molecule is CO.COC(=O)C(c1ccccc1)C1CCCCC1.COC(=O)CO.O=C(O)C(c1ccccc1)C1CCCCC1.O=S(=O)(O)O. The first-order valence-electron chi connectivity index (χ1n) is 15.2. The van der Waals surface area contributed by atoms with Crippen LogP contribution in [0.25, 0.3) is 0 Å². The summed E-state index contributed by atoms with van der Waals surface area (Å²) in [6.45, 7) is -0.531. The lowest BCUT2D eigenvalue weighted by atomic mass is 9.77. The second kappa shape index (κ2) is 24.8. The van der Waals surface area contributed by atoms with Gasteiger partial charge in [0.05, 0.1) is 26.1 Å². The zero-order valence-electron chi connectivity index (χ0n) is 26.9. The Hall–Kier alpha value is -3.36. The molecule has 0 amide bonds. The summed E-state index contributed by atoms with van der Waals surface area (Å²) in [6.07, 6.45) is 11.8. The number of carbonyl (C=O) groups excluding carboxylic acids is 2. The topological polar surface area (TPSA) is 205 Å². The molecule has 2 fully saturated rings. The summed E-state index contributed by atoms with van der Waals surface area (Å²) < 4.78 is 40.6. The molecule has 2 aromatic rings. The zero-order chi connectivity index (χ0) is 35.0. The maximum atomic E-state index is 12.0. The molecule has 0 radical (unpaired) electrons. The molecule has 260 valence electrons. The first kappa shape index (κ1) is 42.6. The highest BCUT2D eigenvalue weighted by Gasteiger charge is 2.32. The van der Waals surface area contributed by atoms with Crippen LogP contribution in [0.4, 0.5) is 0 Å². The molecule has 12 nitrogen and oxygen atoms in total.